The fourth-order valence-corrected chi connectivity index (χ4v) is 3.93. The number of hydrogen-bond donors (Lipinski definition) is 1. The lowest BCUT2D eigenvalue weighted by Crippen LogP contribution is -1.95. The average Bonchev–Trinajstić information content (AvgIpc) is 3.29. The van der Waals surface area contributed by atoms with E-state index in [1.165, 1.54) is 0 Å². The van der Waals surface area contributed by atoms with Crippen molar-refractivity contribution in [3.63, 3.8) is 0 Å². The molecule has 28 heavy (non-hydrogen) atoms. The number of thiazole rings is 1. The zero-order chi connectivity index (χ0) is 19.5. The van der Waals surface area contributed by atoms with Crippen molar-refractivity contribution < 1.29 is 4.74 Å². The minimum absolute atomic E-state index is 0.420. The van der Waals surface area contributed by atoms with E-state index in [0.29, 0.717) is 10.6 Å². The molecule has 0 aliphatic heterocycles. The van der Waals surface area contributed by atoms with Crippen molar-refractivity contribution >= 4 is 29.8 Å². The van der Waals surface area contributed by atoms with Gasteiger partial charge in [0.25, 0.3) is 0 Å². The molecule has 8 heteroatoms. The minimum atomic E-state index is 0.420. The molecule has 0 unspecified atom stereocenters. The smallest absolute Gasteiger partial charge is 0.216 e. The predicted octanol–water partition coefficient (Wildman–Crippen LogP) is 4.93. The fraction of sp³-hybridized carbons (Fsp3) is 0.100. The lowest BCUT2D eigenvalue weighted by atomic mass is 10.2. The second-order valence-corrected chi connectivity index (χ2v) is 7.37. The van der Waals surface area contributed by atoms with E-state index in [2.05, 4.69) is 15.3 Å². The van der Waals surface area contributed by atoms with Crippen LogP contribution in [0.25, 0.3) is 21.3 Å². The number of methoxy groups -OCH3 is 1. The molecule has 6 nitrogen and oxygen atoms in total. The third-order valence-electron chi connectivity index (χ3n) is 4.09. The molecule has 1 N–H and O–H groups in total. The van der Waals surface area contributed by atoms with Crippen LogP contribution in [0.4, 0.5) is 0 Å². The number of nitrogens with zero attached hydrogens (tertiary/aromatic N) is 4. The van der Waals surface area contributed by atoms with Crippen LogP contribution in [-0.4, -0.2) is 33.2 Å². The molecule has 0 spiro atoms. The molecule has 0 saturated heterocycles. The monoisotopic (exact) mass is 407 g/mol. The quantitative estimate of drug-likeness (QED) is 0.376. The lowest BCUT2D eigenvalue weighted by Gasteiger charge is -2.01. The molecule has 2 aromatic carbocycles. The molecule has 0 radical (unpaired) electrons. The van der Waals surface area contributed by atoms with Gasteiger partial charge in [-0.2, -0.15) is 14.9 Å². The van der Waals surface area contributed by atoms with Gasteiger partial charge < -0.3 is 4.74 Å². The minimum Gasteiger partial charge on any atom is -0.497 e. The van der Waals surface area contributed by atoms with Gasteiger partial charge in [0.2, 0.25) is 4.77 Å². The summed E-state index contributed by atoms with van der Waals surface area (Å²) in [6.45, 7) is 1.96. The van der Waals surface area contributed by atoms with Gasteiger partial charge in [-0.1, -0.05) is 42.5 Å². The number of aromatic amines is 1. The van der Waals surface area contributed by atoms with Crippen LogP contribution in [0.2, 0.25) is 0 Å². The molecule has 0 saturated carbocycles. The molecular weight excluding hydrogens is 390 g/mol. The van der Waals surface area contributed by atoms with E-state index in [9.17, 15) is 0 Å². The Labute approximate surface area is 171 Å². The van der Waals surface area contributed by atoms with E-state index in [4.69, 9.17) is 21.9 Å². The van der Waals surface area contributed by atoms with Crippen LogP contribution in [0.3, 0.4) is 0 Å². The highest BCUT2D eigenvalue weighted by atomic mass is 32.1. The third-order valence-corrected chi connectivity index (χ3v) is 5.55. The summed E-state index contributed by atoms with van der Waals surface area (Å²) < 4.78 is 7.29. The Morgan fingerprint density at radius 3 is 2.79 bits per heavy atom. The molecular formula is C20H17N5OS2. The molecule has 0 fully saturated rings. The summed E-state index contributed by atoms with van der Waals surface area (Å²) in [5.41, 5.74) is 2.86. The highest BCUT2D eigenvalue weighted by Gasteiger charge is 2.17. The molecule has 0 bridgehead atoms. The zero-order valence-electron chi connectivity index (χ0n) is 15.3. The van der Waals surface area contributed by atoms with Gasteiger partial charge in [0, 0.05) is 5.56 Å². The first-order valence-electron chi connectivity index (χ1n) is 8.55. The van der Waals surface area contributed by atoms with Crippen molar-refractivity contribution in [3.8, 4) is 27.0 Å². The van der Waals surface area contributed by atoms with Crippen LogP contribution in [-0.2, 0) is 0 Å². The SMILES string of the molecule is COc1cccc(/C=N/n2c(-c3sc(-c4ccccc4)nc3C)n[nH]c2=S)c1. The largest absolute Gasteiger partial charge is 0.497 e. The highest BCUT2D eigenvalue weighted by Crippen LogP contribution is 2.34. The predicted molar refractivity (Wildman–Crippen MR) is 115 cm³/mol. The summed E-state index contributed by atoms with van der Waals surface area (Å²) in [4.78, 5) is 5.62. The average molecular weight is 408 g/mol. The summed E-state index contributed by atoms with van der Waals surface area (Å²) in [7, 11) is 1.64. The van der Waals surface area contributed by atoms with Gasteiger partial charge >= 0.3 is 0 Å². The van der Waals surface area contributed by atoms with Gasteiger partial charge in [0.15, 0.2) is 5.82 Å². The Bertz CT molecular complexity index is 1190. The molecule has 4 aromatic rings. The van der Waals surface area contributed by atoms with Crippen LogP contribution in [0.1, 0.15) is 11.3 Å². The highest BCUT2D eigenvalue weighted by molar-refractivity contribution is 7.71. The maximum atomic E-state index is 5.37. The standard InChI is InChI=1S/C20H17N5OS2/c1-13-17(28-19(22-13)15-8-4-3-5-9-15)18-23-24-20(27)25(18)21-12-14-7-6-10-16(11-14)26-2/h3-12H,1-2H3,(H,24,27)/b21-12+. The van der Waals surface area contributed by atoms with Crippen LogP contribution in [0, 0.1) is 11.7 Å². The van der Waals surface area contributed by atoms with Crippen molar-refractivity contribution in [3.05, 3.63) is 70.6 Å². The molecule has 0 aliphatic carbocycles. The number of nitrogens with one attached hydrogen (secondary N) is 1. The normalized spacial score (nSPS) is 11.2. The molecule has 0 amide bonds. The second-order valence-electron chi connectivity index (χ2n) is 5.98. The zero-order valence-corrected chi connectivity index (χ0v) is 16.9. The Morgan fingerprint density at radius 2 is 2.00 bits per heavy atom. The number of H-pyrrole nitrogens is 1. The lowest BCUT2D eigenvalue weighted by molar-refractivity contribution is 0.415. The van der Waals surface area contributed by atoms with Crippen molar-refractivity contribution in [2.24, 2.45) is 5.10 Å². The van der Waals surface area contributed by atoms with Gasteiger partial charge in [-0.25, -0.2) is 10.1 Å². The summed E-state index contributed by atoms with van der Waals surface area (Å²) in [6.07, 6.45) is 1.73. The maximum absolute atomic E-state index is 5.37. The van der Waals surface area contributed by atoms with E-state index >= 15 is 0 Å². The maximum Gasteiger partial charge on any atom is 0.216 e. The second kappa shape index (κ2) is 7.87. The molecule has 0 aliphatic rings. The van der Waals surface area contributed by atoms with Gasteiger partial charge in [-0.15, -0.1) is 11.3 Å². The number of hydrogen-bond acceptors (Lipinski definition) is 6. The van der Waals surface area contributed by atoms with Gasteiger partial charge in [-0.05, 0) is 36.8 Å². The molecule has 2 aromatic heterocycles. The number of aryl methyl sites for hydroxylation is 1. The third kappa shape index (κ3) is 3.64. The molecule has 2 heterocycles. The van der Waals surface area contributed by atoms with E-state index in [1.807, 2.05) is 61.5 Å². The van der Waals surface area contributed by atoms with Crippen LogP contribution in [0.15, 0.2) is 59.7 Å². The van der Waals surface area contributed by atoms with Crippen molar-refractivity contribution in [1.29, 1.82) is 0 Å². The van der Waals surface area contributed by atoms with E-state index < -0.39 is 0 Å². The first-order valence-corrected chi connectivity index (χ1v) is 9.77. The Morgan fingerprint density at radius 1 is 1.18 bits per heavy atom. The number of benzene rings is 2. The molecule has 140 valence electrons. The Hall–Kier alpha value is -3.10. The van der Waals surface area contributed by atoms with Crippen LogP contribution >= 0.6 is 23.6 Å². The number of aromatic nitrogens is 4. The van der Waals surface area contributed by atoms with E-state index in [-0.39, 0.29) is 0 Å². The van der Waals surface area contributed by atoms with Crippen LogP contribution < -0.4 is 4.74 Å². The summed E-state index contributed by atoms with van der Waals surface area (Å²) >= 11 is 6.94. The van der Waals surface area contributed by atoms with Gasteiger partial charge in [0.1, 0.15) is 10.8 Å². The molecule has 0 atom stereocenters. The first-order chi connectivity index (χ1) is 13.7. The van der Waals surface area contributed by atoms with Crippen molar-refractivity contribution in [1.82, 2.24) is 19.9 Å². The Balaban J connectivity index is 1.72. The van der Waals surface area contributed by atoms with E-state index in [0.717, 1.165) is 32.5 Å². The summed E-state index contributed by atoms with van der Waals surface area (Å²) in [5, 5.41) is 12.7. The fourth-order valence-electron chi connectivity index (χ4n) is 2.70. The van der Waals surface area contributed by atoms with Gasteiger partial charge in [-0.3, -0.25) is 0 Å². The topological polar surface area (TPSA) is 68.1 Å². The summed E-state index contributed by atoms with van der Waals surface area (Å²) in [6, 6.07) is 17.7. The Kier molecular flexibility index (Phi) is 5.14. The van der Waals surface area contributed by atoms with E-state index in [1.54, 1.807) is 29.3 Å². The van der Waals surface area contributed by atoms with Gasteiger partial charge in [0.05, 0.1) is 23.9 Å². The number of rotatable bonds is 5. The van der Waals surface area contributed by atoms with Crippen molar-refractivity contribution in [2.75, 3.05) is 7.11 Å². The number of ether oxygens (including phenoxy) is 1. The first kappa shape index (κ1) is 18.3. The molecule has 4 rings (SSSR count). The van der Waals surface area contributed by atoms with Crippen molar-refractivity contribution in [2.45, 2.75) is 6.92 Å². The van der Waals surface area contributed by atoms with Crippen LogP contribution in [0.5, 0.6) is 5.75 Å². The summed E-state index contributed by atoms with van der Waals surface area (Å²) in [5.74, 6) is 1.41.